The van der Waals surface area contributed by atoms with Gasteiger partial charge in [-0.2, -0.15) is 0 Å². The van der Waals surface area contributed by atoms with Crippen LogP contribution in [0.4, 0.5) is 10.9 Å². The zero-order valence-corrected chi connectivity index (χ0v) is 15.8. The van der Waals surface area contributed by atoms with Crippen molar-refractivity contribution in [3.63, 3.8) is 0 Å². The molecule has 7 heteroatoms. The zero-order chi connectivity index (χ0) is 17.9. The molecule has 0 aliphatic carbocycles. The van der Waals surface area contributed by atoms with E-state index in [1.165, 1.54) is 28.9 Å². The maximum absolute atomic E-state index is 4.79. The van der Waals surface area contributed by atoms with Crippen LogP contribution < -0.4 is 5.32 Å². The van der Waals surface area contributed by atoms with Crippen LogP contribution in [0.5, 0.6) is 0 Å². The molecule has 0 amide bonds. The van der Waals surface area contributed by atoms with E-state index in [1.54, 1.807) is 6.20 Å². The molecule has 3 heterocycles. The van der Waals surface area contributed by atoms with Gasteiger partial charge in [-0.1, -0.05) is 41.2 Å². The van der Waals surface area contributed by atoms with Crippen molar-refractivity contribution in [2.45, 2.75) is 39.3 Å². The molecule has 4 rings (SSSR count). The molecule has 1 fully saturated rings. The Hall–Kier alpha value is -2.38. The molecule has 1 aliphatic rings. The number of nitrogens with zero attached hydrogens (tertiary/aromatic N) is 5. The molecule has 1 unspecified atom stereocenters. The van der Waals surface area contributed by atoms with E-state index < -0.39 is 0 Å². The molecule has 1 saturated heterocycles. The lowest BCUT2D eigenvalue weighted by Crippen LogP contribution is -2.23. The molecule has 134 valence electrons. The summed E-state index contributed by atoms with van der Waals surface area (Å²) in [5, 5.41) is 13.0. The van der Waals surface area contributed by atoms with Crippen molar-refractivity contribution in [2.24, 2.45) is 0 Å². The third-order valence-corrected chi connectivity index (χ3v) is 5.34. The highest BCUT2D eigenvalue weighted by Gasteiger charge is 2.27. The Bertz CT molecular complexity index is 893. The summed E-state index contributed by atoms with van der Waals surface area (Å²) in [7, 11) is 0. The van der Waals surface area contributed by atoms with Gasteiger partial charge in [-0.3, -0.25) is 9.88 Å². The summed E-state index contributed by atoms with van der Waals surface area (Å²) in [6.45, 7) is 6.11. The van der Waals surface area contributed by atoms with E-state index in [2.05, 4.69) is 56.6 Å². The molecule has 1 N–H and O–H groups in total. The third-order valence-electron chi connectivity index (χ3n) is 4.59. The highest BCUT2D eigenvalue weighted by Crippen LogP contribution is 2.32. The Labute approximate surface area is 157 Å². The Morgan fingerprint density at radius 3 is 2.96 bits per heavy atom. The number of rotatable bonds is 5. The molecule has 3 aromatic rings. The lowest BCUT2D eigenvalue weighted by atomic mass is 10.1. The van der Waals surface area contributed by atoms with Crippen molar-refractivity contribution in [1.82, 2.24) is 25.1 Å². The largest absolute Gasteiger partial charge is 0.313 e. The van der Waals surface area contributed by atoms with Crippen LogP contribution in [0.25, 0.3) is 0 Å². The first-order valence-electron chi connectivity index (χ1n) is 8.86. The van der Waals surface area contributed by atoms with Crippen molar-refractivity contribution < 1.29 is 0 Å². The topological polar surface area (TPSA) is 66.8 Å². The second kappa shape index (κ2) is 7.47. The Balaban J connectivity index is 1.51. The van der Waals surface area contributed by atoms with E-state index in [4.69, 9.17) is 4.98 Å². The van der Waals surface area contributed by atoms with Gasteiger partial charge in [0, 0.05) is 6.54 Å². The SMILES string of the molecule is Cc1cccc(CN2CCCC2c2cncc(Nc3nnc(C)s3)n2)c1. The van der Waals surface area contributed by atoms with E-state index in [-0.39, 0.29) is 0 Å². The van der Waals surface area contributed by atoms with E-state index in [0.29, 0.717) is 6.04 Å². The summed E-state index contributed by atoms with van der Waals surface area (Å²) in [5.41, 5.74) is 3.67. The van der Waals surface area contributed by atoms with Gasteiger partial charge in [0.05, 0.1) is 24.1 Å². The Morgan fingerprint density at radius 2 is 2.15 bits per heavy atom. The number of likely N-dealkylation sites (tertiary alicyclic amines) is 1. The van der Waals surface area contributed by atoms with Crippen molar-refractivity contribution >= 4 is 22.3 Å². The molecule has 0 radical (unpaired) electrons. The number of aryl methyl sites for hydroxylation is 2. The highest BCUT2D eigenvalue weighted by molar-refractivity contribution is 7.15. The molecule has 1 atom stereocenters. The number of anilines is 2. The summed E-state index contributed by atoms with van der Waals surface area (Å²) in [6.07, 6.45) is 5.92. The summed E-state index contributed by atoms with van der Waals surface area (Å²) < 4.78 is 0. The monoisotopic (exact) mass is 366 g/mol. The van der Waals surface area contributed by atoms with Gasteiger partial charge in [0.1, 0.15) is 5.01 Å². The number of benzene rings is 1. The molecule has 1 aromatic carbocycles. The molecular weight excluding hydrogens is 344 g/mol. The zero-order valence-electron chi connectivity index (χ0n) is 15.0. The minimum Gasteiger partial charge on any atom is -0.313 e. The van der Waals surface area contributed by atoms with Crippen LogP contribution in [0, 0.1) is 13.8 Å². The van der Waals surface area contributed by atoms with Crippen LogP contribution >= 0.6 is 11.3 Å². The number of nitrogens with one attached hydrogen (secondary N) is 1. The molecule has 0 bridgehead atoms. The van der Waals surface area contributed by atoms with Gasteiger partial charge in [-0.15, -0.1) is 10.2 Å². The fraction of sp³-hybridized carbons (Fsp3) is 0.368. The second-order valence-electron chi connectivity index (χ2n) is 6.70. The van der Waals surface area contributed by atoms with Gasteiger partial charge in [-0.25, -0.2) is 4.98 Å². The average Bonchev–Trinajstić information content (AvgIpc) is 3.24. The van der Waals surface area contributed by atoms with Gasteiger partial charge in [0.2, 0.25) is 5.13 Å². The minimum absolute atomic E-state index is 0.306. The van der Waals surface area contributed by atoms with Crippen LogP contribution in [0.15, 0.2) is 36.7 Å². The average molecular weight is 366 g/mol. The molecule has 1 aliphatic heterocycles. The van der Waals surface area contributed by atoms with Crippen molar-refractivity contribution in [3.8, 4) is 0 Å². The molecule has 6 nitrogen and oxygen atoms in total. The summed E-state index contributed by atoms with van der Waals surface area (Å²) in [5.74, 6) is 0.723. The fourth-order valence-corrected chi connectivity index (χ4v) is 4.05. The fourth-order valence-electron chi connectivity index (χ4n) is 3.45. The van der Waals surface area contributed by atoms with E-state index in [9.17, 15) is 0 Å². The first-order chi connectivity index (χ1) is 12.7. The van der Waals surface area contributed by atoms with Gasteiger partial charge in [0.25, 0.3) is 0 Å². The summed E-state index contributed by atoms with van der Waals surface area (Å²) in [6, 6.07) is 9.03. The normalized spacial score (nSPS) is 17.5. The first kappa shape index (κ1) is 17.1. The van der Waals surface area contributed by atoms with Crippen LogP contribution in [-0.4, -0.2) is 31.6 Å². The number of hydrogen-bond acceptors (Lipinski definition) is 7. The molecule has 0 spiro atoms. The highest BCUT2D eigenvalue weighted by atomic mass is 32.1. The smallest absolute Gasteiger partial charge is 0.211 e. The third kappa shape index (κ3) is 3.89. The van der Waals surface area contributed by atoms with E-state index in [0.717, 1.165) is 41.2 Å². The van der Waals surface area contributed by atoms with Gasteiger partial charge >= 0.3 is 0 Å². The van der Waals surface area contributed by atoms with Crippen molar-refractivity contribution in [3.05, 3.63) is 58.5 Å². The molecule has 2 aromatic heterocycles. The summed E-state index contributed by atoms with van der Waals surface area (Å²) in [4.78, 5) is 11.7. The van der Waals surface area contributed by atoms with E-state index in [1.807, 2.05) is 13.1 Å². The predicted octanol–water partition coefficient (Wildman–Crippen LogP) is 4.03. The molecule has 0 saturated carbocycles. The Kier molecular flexibility index (Phi) is 4.90. The van der Waals surface area contributed by atoms with E-state index >= 15 is 0 Å². The first-order valence-corrected chi connectivity index (χ1v) is 9.68. The quantitative estimate of drug-likeness (QED) is 0.735. The number of hydrogen-bond donors (Lipinski definition) is 1. The lowest BCUT2D eigenvalue weighted by Gasteiger charge is -2.24. The maximum Gasteiger partial charge on any atom is 0.211 e. The minimum atomic E-state index is 0.306. The van der Waals surface area contributed by atoms with Gasteiger partial charge < -0.3 is 5.32 Å². The second-order valence-corrected chi connectivity index (χ2v) is 7.88. The number of aromatic nitrogens is 4. The van der Waals surface area contributed by atoms with Crippen LogP contribution in [0.1, 0.15) is 40.7 Å². The lowest BCUT2D eigenvalue weighted by molar-refractivity contribution is 0.244. The van der Waals surface area contributed by atoms with Crippen molar-refractivity contribution in [1.29, 1.82) is 0 Å². The van der Waals surface area contributed by atoms with Gasteiger partial charge in [0.15, 0.2) is 5.82 Å². The Morgan fingerprint density at radius 1 is 1.23 bits per heavy atom. The van der Waals surface area contributed by atoms with Crippen molar-refractivity contribution in [2.75, 3.05) is 11.9 Å². The summed E-state index contributed by atoms with van der Waals surface area (Å²) >= 11 is 1.51. The molecular formula is C19H22N6S. The maximum atomic E-state index is 4.79. The van der Waals surface area contributed by atoms with Crippen LogP contribution in [0.2, 0.25) is 0 Å². The van der Waals surface area contributed by atoms with Gasteiger partial charge in [-0.05, 0) is 38.8 Å². The van der Waals surface area contributed by atoms with Crippen LogP contribution in [-0.2, 0) is 6.54 Å². The molecule has 26 heavy (non-hydrogen) atoms. The predicted molar refractivity (Wildman–Crippen MR) is 104 cm³/mol. The standard InChI is InChI=1S/C19H22N6S/c1-13-5-3-6-15(9-13)12-25-8-4-7-17(25)16-10-20-11-18(21-16)22-19-24-23-14(2)26-19/h3,5-6,9-11,17H,4,7-8,12H2,1-2H3,(H,21,22,24). The van der Waals surface area contributed by atoms with Crippen LogP contribution in [0.3, 0.4) is 0 Å².